The van der Waals surface area contributed by atoms with E-state index in [1.165, 1.54) is 0 Å². The molecule has 0 saturated carbocycles. The zero-order valence-corrected chi connectivity index (χ0v) is 9.27. The monoisotopic (exact) mass is 231 g/mol. The minimum absolute atomic E-state index is 0.0333. The number of carbonyl (C=O) groups excluding carboxylic acids is 1. The van der Waals surface area contributed by atoms with Crippen LogP contribution in [0.3, 0.4) is 0 Å². The molecular formula is C10H17NO5. The van der Waals surface area contributed by atoms with Gasteiger partial charge in [0.1, 0.15) is 6.61 Å². The molecule has 1 aliphatic rings. The van der Waals surface area contributed by atoms with Gasteiger partial charge in [-0.3, -0.25) is 4.79 Å². The van der Waals surface area contributed by atoms with Gasteiger partial charge in [0.05, 0.1) is 6.10 Å². The molecule has 0 bridgehead atoms. The Morgan fingerprint density at radius 1 is 1.50 bits per heavy atom. The maximum Gasteiger partial charge on any atom is 0.332 e. The van der Waals surface area contributed by atoms with Crippen molar-refractivity contribution in [1.82, 2.24) is 5.32 Å². The Balaban J connectivity index is 2.15. The largest absolute Gasteiger partial charge is 0.479 e. The number of carbonyl (C=O) groups is 2. The second-order valence-corrected chi connectivity index (χ2v) is 3.60. The summed E-state index contributed by atoms with van der Waals surface area (Å²) in [5, 5.41) is 11.3. The SMILES string of the molecule is CCOCC(=O)NCC1CCC(C(=O)O)O1. The van der Waals surface area contributed by atoms with Crippen LogP contribution >= 0.6 is 0 Å². The van der Waals surface area contributed by atoms with E-state index in [-0.39, 0.29) is 18.6 Å². The van der Waals surface area contributed by atoms with Crippen molar-refractivity contribution in [3.63, 3.8) is 0 Å². The van der Waals surface area contributed by atoms with E-state index in [1.54, 1.807) is 0 Å². The van der Waals surface area contributed by atoms with Gasteiger partial charge < -0.3 is 19.9 Å². The van der Waals surface area contributed by atoms with Crippen LogP contribution < -0.4 is 5.32 Å². The molecule has 2 N–H and O–H groups in total. The number of hydrogen-bond donors (Lipinski definition) is 2. The first-order valence-corrected chi connectivity index (χ1v) is 5.36. The Labute approximate surface area is 93.9 Å². The maximum absolute atomic E-state index is 11.2. The van der Waals surface area contributed by atoms with Gasteiger partial charge in [-0.25, -0.2) is 4.79 Å². The summed E-state index contributed by atoms with van der Waals surface area (Å²) in [7, 11) is 0. The molecule has 2 unspecified atom stereocenters. The van der Waals surface area contributed by atoms with Crippen LogP contribution in [0.15, 0.2) is 0 Å². The first kappa shape index (κ1) is 12.9. The van der Waals surface area contributed by atoms with Crippen LogP contribution in [0, 0.1) is 0 Å². The highest BCUT2D eigenvalue weighted by Crippen LogP contribution is 2.18. The molecule has 16 heavy (non-hydrogen) atoms. The van der Waals surface area contributed by atoms with E-state index < -0.39 is 12.1 Å². The van der Waals surface area contributed by atoms with Gasteiger partial charge in [-0.1, -0.05) is 0 Å². The second-order valence-electron chi connectivity index (χ2n) is 3.60. The highest BCUT2D eigenvalue weighted by Gasteiger charge is 2.30. The molecule has 1 rings (SSSR count). The fraction of sp³-hybridized carbons (Fsp3) is 0.800. The van der Waals surface area contributed by atoms with E-state index in [4.69, 9.17) is 14.6 Å². The fourth-order valence-electron chi connectivity index (χ4n) is 1.51. The topological polar surface area (TPSA) is 84.9 Å². The van der Waals surface area contributed by atoms with Crippen LogP contribution in [-0.2, 0) is 19.1 Å². The lowest BCUT2D eigenvalue weighted by Gasteiger charge is -2.12. The number of rotatable bonds is 6. The molecule has 0 aromatic heterocycles. The zero-order valence-electron chi connectivity index (χ0n) is 9.27. The number of carboxylic acid groups (broad SMARTS) is 1. The molecule has 0 aromatic rings. The standard InChI is InChI=1S/C10H17NO5/c1-2-15-6-9(12)11-5-7-3-4-8(16-7)10(13)14/h7-8H,2-6H2,1H3,(H,11,12)(H,13,14). The Morgan fingerprint density at radius 2 is 2.25 bits per heavy atom. The Hall–Kier alpha value is -1.14. The summed E-state index contributed by atoms with van der Waals surface area (Å²) in [5.41, 5.74) is 0. The molecule has 1 aliphatic heterocycles. The Kier molecular flexibility index (Phi) is 5.21. The first-order chi connectivity index (χ1) is 7.63. The normalized spacial score (nSPS) is 24.3. The minimum atomic E-state index is -0.942. The van der Waals surface area contributed by atoms with E-state index in [1.807, 2.05) is 6.92 Å². The molecule has 1 amide bonds. The smallest absolute Gasteiger partial charge is 0.332 e. The fourth-order valence-corrected chi connectivity index (χ4v) is 1.51. The van der Waals surface area contributed by atoms with Crippen molar-refractivity contribution in [2.24, 2.45) is 0 Å². The van der Waals surface area contributed by atoms with E-state index in [9.17, 15) is 9.59 Å². The summed E-state index contributed by atoms with van der Waals surface area (Å²) in [4.78, 5) is 21.8. The molecule has 0 radical (unpaired) electrons. The Bertz CT molecular complexity index is 256. The van der Waals surface area contributed by atoms with Gasteiger partial charge in [0.2, 0.25) is 5.91 Å². The molecule has 6 nitrogen and oxygen atoms in total. The van der Waals surface area contributed by atoms with E-state index in [0.717, 1.165) is 0 Å². The van der Waals surface area contributed by atoms with Crippen molar-refractivity contribution in [2.75, 3.05) is 19.8 Å². The minimum Gasteiger partial charge on any atom is -0.479 e. The van der Waals surface area contributed by atoms with E-state index in [2.05, 4.69) is 5.32 Å². The molecule has 1 saturated heterocycles. The summed E-state index contributed by atoms with van der Waals surface area (Å²) < 4.78 is 10.1. The molecule has 92 valence electrons. The Morgan fingerprint density at radius 3 is 2.81 bits per heavy atom. The lowest BCUT2D eigenvalue weighted by atomic mass is 10.2. The number of ether oxygens (including phenoxy) is 2. The predicted molar refractivity (Wildman–Crippen MR) is 55.0 cm³/mol. The third-order valence-corrected chi connectivity index (χ3v) is 2.35. The third kappa shape index (κ3) is 4.16. The van der Waals surface area contributed by atoms with Crippen molar-refractivity contribution in [1.29, 1.82) is 0 Å². The van der Waals surface area contributed by atoms with Crippen molar-refractivity contribution < 1.29 is 24.2 Å². The van der Waals surface area contributed by atoms with Crippen LogP contribution in [0.2, 0.25) is 0 Å². The van der Waals surface area contributed by atoms with Gasteiger partial charge >= 0.3 is 5.97 Å². The summed E-state index contributed by atoms with van der Waals surface area (Å²) in [5.74, 6) is -1.15. The lowest BCUT2D eigenvalue weighted by molar-refractivity contribution is -0.149. The van der Waals surface area contributed by atoms with Crippen LogP contribution in [0.5, 0.6) is 0 Å². The van der Waals surface area contributed by atoms with Crippen LogP contribution in [0.4, 0.5) is 0 Å². The van der Waals surface area contributed by atoms with Crippen LogP contribution in [0.25, 0.3) is 0 Å². The molecule has 6 heteroatoms. The number of nitrogens with one attached hydrogen (secondary N) is 1. The summed E-state index contributed by atoms with van der Waals surface area (Å²) in [6, 6.07) is 0. The lowest BCUT2D eigenvalue weighted by Crippen LogP contribution is -2.35. The molecule has 0 spiro atoms. The average molecular weight is 231 g/mol. The quantitative estimate of drug-likeness (QED) is 0.659. The van der Waals surface area contributed by atoms with Gasteiger partial charge in [0.25, 0.3) is 0 Å². The molecule has 0 aromatic carbocycles. The number of aliphatic carboxylic acids is 1. The van der Waals surface area contributed by atoms with E-state index in [0.29, 0.717) is 26.0 Å². The first-order valence-electron chi connectivity index (χ1n) is 5.36. The van der Waals surface area contributed by atoms with Crippen molar-refractivity contribution >= 4 is 11.9 Å². The summed E-state index contributed by atoms with van der Waals surface area (Å²) in [6.07, 6.45) is 0.230. The van der Waals surface area contributed by atoms with Gasteiger partial charge in [-0.15, -0.1) is 0 Å². The van der Waals surface area contributed by atoms with Crippen molar-refractivity contribution in [3.05, 3.63) is 0 Å². The zero-order chi connectivity index (χ0) is 12.0. The molecule has 2 atom stereocenters. The summed E-state index contributed by atoms with van der Waals surface area (Å²) in [6.45, 7) is 2.68. The molecule has 1 fully saturated rings. The maximum atomic E-state index is 11.2. The predicted octanol–water partition coefficient (Wildman–Crippen LogP) is -0.229. The van der Waals surface area contributed by atoms with E-state index >= 15 is 0 Å². The van der Waals surface area contributed by atoms with Gasteiger partial charge in [-0.05, 0) is 19.8 Å². The third-order valence-electron chi connectivity index (χ3n) is 2.35. The van der Waals surface area contributed by atoms with Crippen molar-refractivity contribution in [3.8, 4) is 0 Å². The summed E-state index contributed by atoms with van der Waals surface area (Å²) >= 11 is 0. The average Bonchev–Trinajstić information content (AvgIpc) is 2.72. The van der Waals surface area contributed by atoms with Crippen LogP contribution in [-0.4, -0.2) is 48.9 Å². The van der Waals surface area contributed by atoms with Gasteiger partial charge in [0, 0.05) is 13.2 Å². The van der Waals surface area contributed by atoms with Gasteiger partial charge in [0.15, 0.2) is 6.10 Å². The highest BCUT2D eigenvalue weighted by atomic mass is 16.5. The van der Waals surface area contributed by atoms with Crippen LogP contribution in [0.1, 0.15) is 19.8 Å². The highest BCUT2D eigenvalue weighted by molar-refractivity contribution is 5.77. The van der Waals surface area contributed by atoms with Gasteiger partial charge in [-0.2, -0.15) is 0 Å². The molecule has 0 aliphatic carbocycles. The molecule has 1 heterocycles. The number of carboxylic acids is 1. The number of amides is 1. The second kappa shape index (κ2) is 6.44. The number of hydrogen-bond acceptors (Lipinski definition) is 4. The molecular weight excluding hydrogens is 214 g/mol. The van der Waals surface area contributed by atoms with Crippen molar-refractivity contribution in [2.45, 2.75) is 32.0 Å².